The first-order valence-corrected chi connectivity index (χ1v) is 7.98. The molecule has 25 heavy (non-hydrogen) atoms. The molecule has 4 rings (SSSR count). The molecule has 9 nitrogen and oxygen atoms in total. The van der Waals surface area contributed by atoms with Crippen molar-refractivity contribution in [2.75, 3.05) is 19.8 Å². The number of ether oxygens (including phenoxy) is 1. The number of benzene rings is 1. The summed E-state index contributed by atoms with van der Waals surface area (Å²) in [5.41, 5.74) is 1.08. The summed E-state index contributed by atoms with van der Waals surface area (Å²) in [7, 11) is 0. The second kappa shape index (κ2) is 6.17. The molecule has 0 aliphatic carbocycles. The van der Waals surface area contributed by atoms with Gasteiger partial charge in [-0.3, -0.25) is 9.36 Å². The summed E-state index contributed by atoms with van der Waals surface area (Å²) in [5.74, 6) is 0.577. The van der Waals surface area contributed by atoms with Crippen LogP contribution in [0.2, 0.25) is 0 Å². The number of aryl methyl sites for hydroxylation is 1. The number of carbonyl (C=O) groups is 1. The molecule has 9 heteroatoms. The van der Waals surface area contributed by atoms with E-state index in [4.69, 9.17) is 9.15 Å². The highest BCUT2D eigenvalue weighted by atomic mass is 16.5. The minimum Gasteiger partial charge on any atom is -0.423 e. The number of fused-ring (bicyclic) bond motifs is 1. The number of H-pyrrole nitrogens is 1. The second-order valence-corrected chi connectivity index (χ2v) is 5.87. The van der Waals surface area contributed by atoms with E-state index in [0.717, 1.165) is 0 Å². The Kier molecular flexibility index (Phi) is 3.85. The van der Waals surface area contributed by atoms with E-state index in [1.165, 1.54) is 4.57 Å². The third-order valence-corrected chi connectivity index (χ3v) is 4.25. The Morgan fingerprint density at radius 2 is 2.20 bits per heavy atom. The van der Waals surface area contributed by atoms with Gasteiger partial charge in [-0.15, -0.1) is 10.2 Å². The monoisotopic (exact) mass is 343 g/mol. The number of imidazole rings is 1. The van der Waals surface area contributed by atoms with Crippen molar-refractivity contribution >= 4 is 16.9 Å². The Balaban J connectivity index is 1.62. The van der Waals surface area contributed by atoms with Crippen LogP contribution in [0, 0.1) is 6.92 Å². The number of nitrogens with zero attached hydrogens (tertiary/aromatic N) is 4. The highest BCUT2D eigenvalue weighted by molar-refractivity contribution is 5.80. The molecule has 1 aliphatic rings. The van der Waals surface area contributed by atoms with Gasteiger partial charge in [-0.1, -0.05) is 12.1 Å². The minimum atomic E-state index is -0.441. The van der Waals surface area contributed by atoms with Crippen LogP contribution in [0.25, 0.3) is 11.0 Å². The summed E-state index contributed by atoms with van der Waals surface area (Å²) >= 11 is 0. The lowest BCUT2D eigenvalue weighted by molar-refractivity contribution is -0.141. The van der Waals surface area contributed by atoms with Crippen molar-refractivity contribution in [3.63, 3.8) is 0 Å². The maximum absolute atomic E-state index is 12.9. The lowest BCUT2D eigenvalue weighted by atomic mass is 10.2. The normalized spacial score (nSPS) is 18.0. The first-order chi connectivity index (χ1) is 12.1. The maximum atomic E-state index is 12.9. The van der Waals surface area contributed by atoms with Gasteiger partial charge in [-0.05, 0) is 12.1 Å². The van der Waals surface area contributed by atoms with Crippen molar-refractivity contribution in [2.45, 2.75) is 19.5 Å². The fraction of sp³-hybridized carbons (Fsp3) is 0.375. The van der Waals surface area contributed by atoms with Crippen LogP contribution in [0.15, 0.2) is 33.5 Å². The first-order valence-electron chi connectivity index (χ1n) is 7.98. The number of carbonyl (C=O) groups excluding carboxylic acids is 1. The van der Waals surface area contributed by atoms with E-state index in [1.54, 1.807) is 24.0 Å². The molecular formula is C16H17N5O4. The van der Waals surface area contributed by atoms with Crippen LogP contribution < -0.4 is 5.69 Å². The van der Waals surface area contributed by atoms with Crippen molar-refractivity contribution in [1.29, 1.82) is 0 Å². The van der Waals surface area contributed by atoms with Gasteiger partial charge in [0.25, 0.3) is 0 Å². The summed E-state index contributed by atoms with van der Waals surface area (Å²) in [6.45, 7) is 2.75. The van der Waals surface area contributed by atoms with E-state index in [9.17, 15) is 9.59 Å². The quantitative estimate of drug-likeness (QED) is 0.747. The second-order valence-electron chi connectivity index (χ2n) is 5.87. The largest absolute Gasteiger partial charge is 0.423 e. The van der Waals surface area contributed by atoms with Crippen molar-refractivity contribution in [1.82, 2.24) is 24.6 Å². The van der Waals surface area contributed by atoms with Crippen LogP contribution in [-0.2, 0) is 16.1 Å². The van der Waals surface area contributed by atoms with Gasteiger partial charge in [0.15, 0.2) is 0 Å². The molecule has 0 radical (unpaired) electrons. The molecule has 0 saturated carbocycles. The molecule has 1 saturated heterocycles. The van der Waals surface area contributed by atoms with E-state index in [-0.39, 0.29) is 24.7 Å². The number of para-hydroxylation sites is 2. The average molecular weight is 343 g/mol. The highest BCUT2D eigenvalue weighted by Crippen LogP contribution is 2.23. The minimum absolute atomic E-state index is 0.0630. The predicted octanol–water partition coefficient (Wildman–Crippen LogP) is 0.621. The van der Waals surface area contributed by atoms with E-state index in [0.29, 0.717) is 36.0 Å². The summed E-state index contributed by atoms with van der Waals surface area (Å²) < 4.78 is 12.4. The zero-order valence-electron chi connectivity index (χ0n) is 13.6. The van der Waals surface area contributed by atoms with E-state index in [2.05, 4.69) is 15.2 Å². The zero-order valence-corrected chi connectivity index (χ0v) is 13.6. The molecule has 1 atom stereocenters. The molecule has 0 bridgehead atoms. The van der Waals surface area contributed by atoms with Crippen molar-refractivity contribution in [3.8, 4) is 0 Å². The molecule has 1 aliphatic heterocycles. The zero-order chi connectivity index (χ0) is 17.4. The predicted molar refractivity (Wildman–Crippen MR) is 86.9 cm³/mol. The van der Waals surface area contributed by atoms with Gasteiger partial charge >= 0.3 is 5.69 Å². The molecule has 3 aromatic rings. The lowest BCUT2D eigenvalue weighted by Gasteiger charge is -2.33. The van der Waals surface area contributed by atoms with E-state index in [1.807, 2.05) is 12.1 Å². The van der Waals surface area contributed by atoms with Gasteiger partial charge in [0, 0.05) is 13.5 Å². The molecule has 3 heterocycles. The number of morpholine rings is 1. The van der Waals surface area contributed by atoms with Crippen LogP contribution in [0.4, 0.5) is 0 Å². The number of hydrogen-bond donors (Lipinski definition) is 1. The maximum Gasteiger partial charge on any atom is 0.326 e. The van der Waals surface area contributed by atoms with Gasteiger partial charge in [-0.25, -0.2) is 4.79 Å². The SMILES string of the molecule is Cc1nnc([C@@H]2COCCN2C(=O)Cn2c(=O)[nH]c3ccccc32)o1. The summed E-state index contributed by atoms with van der Waals surface area (Å²) in [6.07, 6.45) is 0. The van der Waals surface area contributed by atoms with Crippen LogP contribution in [0.5, 0.6) is 0 Å². The van der Waals surface area contributed by atoms with Gasteiger partial charge < -0.3 is 19.0 Å². The van der Waals surface area contributed by atoms with Gasteiger partial charge in [-0.2, -0.15) is 0 Å². The number of aromatic amines is 1. The number of aromatic nitrogens is 4. The number of hydrogen-bond acceptors (Lipinski definition) is 6. The molecule has 130 valence electrons. The van der Waals surface area contributed by atoms with E-state index >= 15 is 0 Å². The first kappa shape index (κ1) is 15.6. The van der Waals surface area contributed by atoms with Crippen LogP contribution >= 0.6 is 0 Å². The molecular weight excluding hydrogens is 326 g/mol. The Morgan fingerprint density at radius 3 is 3.00 bits per heavy atom. The third kappa shape index (κ3) is 2.82. The van der Waals surface area contributed by atoms with Crippen LogP contribution in [0.1, 0.15) is 17.8 Å². The number of nitrogens with one attached hydrogen (secondary N) is 1. The van der Waals surface area contributed by atoms with Crippen LogP contribution in [-0.4, -0.2) is 50.3 Å². The molecule has 1 fully saturated rings. The Labute approximate surface area is 142 Å². The fourth-order valence-electron chi connectivity index (χ4n) is 3.04. The summed E-state index contributed by atoms with van der Waals surface area (Å²) in [4.78, 5) is 29.4. The van der Waals surface area contributed by atoms with Crippen molar-refractivity contribution < 1.29 is 13.9 Å². The van der Waals surface area contributed by atoms with Crippen molar-refractivity contribution in [2.24, 2.45) is 0 Å². The van der Waals surface area contributed by atoms with Crippen molar-refractivity contribution in [3.05, 3.63) is 46.5 Å². The molecule has 2 aromatic heterocycles. The van der Waals surface area contributed by atoms with E-state index < -0.39 is 6.04 Å². The molecule has 0 spiro atoms. The molecule has 0 unspecified atom stereocenters. The Morgan fingerprint density at radius 1 is 1.36 bits per heavy atom. The topological polar surface area (TPSA) is 106 Å². The Bertz CT molecular complexity index is 972. The number of amides is 1. The summed E-state index contributed by atoms with van der Waals surface area (Å²) in [6, 6.07) is 6.83. The lowest BCUT2D eigenvalue weighted by Crippen LogP contribution is -2.45. The highest BCUT2D eigenvalue weighted by Gasteiger charge is 2.32. The molecule has 1 N–H and O–H groups in total. The summed E-state index contributed by atoms with van der Waals surface area (Å²) in [5, 5.41) is 7.82. The standard InChI is InChI=1S/C16H17N5O4/c1-10-18-19-15(25-10)13-9-24-7-6-20(13)14(22)8-21-12-5-3-2-4-11(12)17-16(21)23/h2-5,13H,6-9H2,1H3,(H,17,23)/t13-/m0/s1. The fourth-order valence-corrected chi connectivity index (χ4v) is 3.04. The van der Waals surface area contributed by atoms with Gasteiger partial charge in [0.1, 0.15) is 12.6 Å². The van der Waals surface area contributed by atoms with Gasteiger partial charge in [0.2, 0.25) is 17.7 Å². The Hall–Kier alpha value is -2.94. The number of rotatable bonds is 3. The van der Waals surface area contributed by atoms with Gasteiger partial charge in [0.05, 0.1) is 24.2 Å². The molecule has 1 aromatic carbocycles. The smallest absolute Gasteiger partial charge is 0.326 e. The average Bonchev–Trinajstić information content (AvgIpc) is 3.19. The molecule has 1 amide bonds. The van der Waals surface area contributed by atoms with Crippen LogP contribution in [0.3, 0.4) is 0 Å². The third-order valence-electron chi connectivity index (χ3n) is 4.25.